The van der Waals surface area contributed by atoms with Crippen LogP contribution in [0, 0.1) is 13.8 Å². The van der Waals surface area contributed by atoms with Gasteiger partial charge in [0.05, 0.1) is 10.6 Å². The van der Waals surface area contributed by atoms with E-state index in [9.17, 15) is 18.0 Å². The van der Waals surface area contributed by atoms with Gasteiger partial charge in [0.1, 0.15) is 12.6 Å². The molecule has 0 radical (unpaired) electrons. The molecule has 0 aliphatic carbocycles. The fraction of sp³-hybridized carbons (Fsp3) is 0.297. The Morgan fingerprint density at radius 1 is 0.778 bits per heavy atom. The number of rotatable bonds is 13. The zero-order chi connectivity index (χ0) is 32.6. The van der Waals surface area contributed by atoms with E-state index in [0.29, 0.717) is 12.1 Å². The number of benzene rings is 4. The normalized spacial score (nSPS) is 12.0. The molecule has 2 amide bonds. The van der Waals surface area contributed by atoms with Gasteiger partial charge in [-0.1, -0.05) is 103 Å². The van der Waals surface area contributed by atoms with Crippen LogP contribution < -0.4 is 9.62 Å². The number of aryl methyl sites for hydroxylation is 3. The van der Waals surface area contributed by atoms with Gasteiger partial charge in [-0.15, -0.1) is 0 Å². The summed E-state index contributed by atoms with van der Waals surface area (Å²) in [5.74, 6) is -0.769. The Labute approximate surface area is 268 Å². The van der Waals surface area contributed by atoms with Crippen LogP contribution in [0.25, 0.3) is 0 Å². The molecule has 0 saturated carbocycles. The van der Waals surface area contributed by atoms with Crippen molar-refractivity contribution in [1.82, 2.24) is 10.2 Å². The molecular weight excluding hydrogens is 582 g/mol. The molecule has 0 aliphatic heterocycles. The van der Waals surface area contributed by atoms with E-state index < -0.39 is 28.5 Å². The first-order valence-corrected chi connectivity index (χ1v) is 16.8. The fourth-order valence-electron chi connectivity index (χ4n) is 5.35. The summed E-state index contributed by atoms with van der Waals surface area (Å²) in [4.78, 5) is 30.1. The highest BCUT2D eigenvalue weighted by molar-refractivity contribution is 7.92. The van der Waals surface area contributed by atoms with Crippen molar-refractivity contribution in [2.45, 2.75) is 71.0 Å². The average molecular weight is 626 g/mol. The van der Waals surface area contributed by atoms with Crippen LogP contribution in [0.1, 0.15) is 48.6 Å². The molecule has 4 aromatic rings. The highest BCUT2D eigenvalue weighted by atomic mass is 32.2. The van der Waals surface area contributed by atoms with Gasteiger partial charge in [0, 0.05) is 19.0 Å². The van der Waals surface area contributed by atoms with Gasteiger partial charge in [0.15, 0.2) is 0 Å². The predicted octanol–water partition coefficient (Wildman–Crippen LogP) is 6.23. The van der Waals surface area contributed by atoms with Crippen molar-refractivity contribution in [1.29, 1.82) is 0 Å². The largest absolute Gasteiger partial charge is 0.352 e. The average Bonchev–Trinajstić information content (AvgIpc) is 3.01. The number of hydrogen-bond donors (Lipinski definition) is 1. The van der Waals surface area contributed by atoms with Crippen molar-refractivity contribution in [2.75, 3.05) is 10.8 Å². The van der Waals surface area contributed by atoms with Crippen LogP contribution in [0.15, 0.2) is 108 Å². The summed E-state index contributed by atoms with van der Waals surface area (Å²) in [5.41, 5.74) is 4.92. The number of sulfonamides is 1. The van der Waals surface area contributed by atoms with Crippen molar-refractivity contribution in [2.24, 2.45) is 0 Å². The Bertz CT molecular complexity index is 1700. The number of carbonyl (C=O) groups is 2. The second kappa shape index (κ2) is 15.0. The summed E-state index contributed by atoms with van der Waals surface area (Å²) in [6.45, 7) is 9.23. The van der Waals surface area contributed by atoms with Gasteiger partial charge in [0.2, 0.25) is 11.8 Å². The minimum absolute atomic E-state index is 0.0930. The lowest BCUT2D eigenvalue weighted by molar-refractivity contribution is -0.140. The van der Waals surface area contributed by atoms with Crippen LogP contribution in [0.2, 0.25) is 0 Å². The van der Waals surface area contributed by atoms with Crippen LogP contribution in [0.4, 0.5) is 5.69 Å². The van der Waals surface area contributed by atoms with E-state index in [4.69, 9.17) is 0 Å². The van der Waals surface area contributed by atoms with Gasteiger partial charge >= 0.3 is 0 Å². The van der Waals surface area contributed by atoms with E-state index in [2.05, 4.69) is 5.32 Å². The summed E-state index contributed by atoms with van der Waals surface area (Å²) in [7, 11) is -4.15. The summed E-state index contributed by atoms with van der Waals surface area (Å²) in [6, 6.07) is 30.2. The van der Waals surface area contributed by atoms with Gasteiger partial charge in [-0.3, -0.25) is 13.9 Å². The molecule has 236 valence electrons. The molecule has 0 fully saturated rings. The molecule has 0 saturated heterocycles. The third kappa shape index (κ3) is 8.60. The lowest BCUT2D eigenvalue weighted by atomic mass is 10.0. The van der Waals surface area contributed by atoms with Crippen LogP contribution >= 0.6 is 0 Å². The highest BCUT2D eigenvalue weighted by Crippen LogP contribution is 2.29. The molecule has 8 heteroatoms. The first-order valence-electron chi connectivity index (χ1n) is 15.4. The molecule has 45 heavy (non-hydrogen) atoms. The summed E-state index contributed by atoms with van der Waals surface area (Å²) in [6.07, 6.45) is 0.845. The van der Waals surface area contributed by atoms with Gasteiger partial charge in [-0.05, 0) is 69.0 Å². The van der Waals surface area contributed by atoms with E-state index in [1.807, 2.05) is 101 Å². The SMILES string of the molecule is CCc1ccccc1N(CC(=O)N(Cc1cccc(C)c1)[C@H](Cc1ccccc1)C(=O)NC(C)C)S(=O)(=O)c1ccc(C)cc1. The lowest BCUT2D eigenvalue weighted by Gasteiger charge is -2.34. The molecule has 4 aromatic carbocycles. The minimum atomic E-state index is -4.15. The first kappa shape index (κ1) is 33.5. The summed E-state index contributed by atoms with van der Waals surface area (Å²) in [5, 5.41) is 3.00. The van der Waals surface area contributed by atoms with Gasteiger partial charge < -0.3 is 10.2 Å². The van der Waals surface area contributed by atoms with Crippen molar-refractivity contribution in [3.05, 3.63) is 131 Å². The van der Waals surface area contributed by atoms with Gasteiger partial charge in [-0.25, -0.2) is 8.42 Å². The lowest BCUT2D eigenvalue weighted by Crippen LogP contribution is -2.54. The highest BCUT2D eigenvalue weighted by Gasteiger charge is 2.35. The maximum Gasteiger partial charge on any atom is 0.264 e. The van der Waals surface area contributed by atoms with Crippen LogP contribution in [-0.2, 0) is 39.0 Å². The van der Waals surface area contributed by atoms with E-state index in [-0.39, 0.29) is 29.8 Å². The van der Waals surface area contributed by atoms with Crippen molar-refractivity contribution < 1.29 is 18.0 Å². The third-order valence-electron chi connectivity index (χ3n) is 7.67. The molecule has 4 rings (SSSR count). The van der Waals surface area contributed by atoms with Crippen molar-refractivity contribution in [3.8, 4) is 0 Å². The third-order valence-corrected chi connectivity index (χ3v) is 9.44. The second-order valence-corrected chi connectivity index (χ2v) is 13.5. The van der Waals surface area contributed by atoms with Crippen LogP contribution in [-0.4, -0.2) is 43.8 Å². The smallest absolute Gasteiger partial charge is 0.264 e. The number of para-hydroxylation sites is 1. The number of nitrogens with zero attached hydrogens (tertiary/aromatic N) is 2. The van der Waals surface area contributed by atoms with Crippen LogP contribution in [0.3, 0.4) is 0 Å². The predicted molar refractivity (Wildman–Crippen MR) is 180 cm³/mol. The van der Waals surface area contributed by atoms with E-state index in [1.54, 1.807) is 36.4 Å². The molecule has 0 heterocycles. The number of hydrogen-bond acceptors (Lipinski definition) is 4. The molecular formula is C37H43N3O4S. The molecule has 1 N–H and O–H groups in total. The quantitative estimate of drug-likeness (QED) is 0.191. The topological polar surface area (TPSA) is 86.8 Å². The van der Waals surface area contributed by atoms with E-state index in [0.717, 1.165) is 27.8 Å². The Morgan fingerprint density at radius 2 is 1.42 bits per heavy atom. The Hall–Kier alpha value is -4.43. The summed E-state index contributed by atoms with van der Waals surface area (Å²) >= 11 is 0. The summed E-state index contributed by atoms with van der Waals surface area (Å²) < 4.78 is 29.8. The monoisotopic (exact) mass is 625 g/mol. The molecule has 0 spiro atoms. The number of nitrogens with one attached hydrogen (secondary N) is 1. The first-order chi connectivity index (χ1) is 21.5. The van der Waals surface area contributed by atoms with Crippen molar-refractivity contribution in [3.63, 3.8) is 0 Å². The number of amides is 2. The number of carbonyl (C=O) groups excluding carboxylic acids is 2. The van der Waals surface area contributed by atoms with Gasteiger partial charge in [-0.2, -0.15) is 0 Å². The molecule has 1 atom stereocenters. The van der Waals surface area contributed by atoms with Crippen LogP contribution in [0.5, 0.6) is 0 Å². The van der Waals surface area contributed by atoms with E-state index in [1.165, 1.54) is 9.21 Å². The maximum atomic E-state index is 14.6. The molecule has 7 nitrogen and oxygen atoms in total. The molecule has 0 unspecified atom stereocenters. The second-order valence-electron chi connectivity index (χ2n) is 11.7. The van der Waals surface area contributed by atoms with Crippen molar-refractivity contribution >= 4 is 27.5 Å². The zero-order valence-corrected chi connectivity index (χ0v) is 27.6. The molecule has 0 aromatic heterocycles. The number of anilines is 1. The Kier molecular flexibility index (Phi) is 11.2. The molecule has 0 bridgehead atoms. The Morgan fingerprint density at radius 3 is 2.07 bits per heavy atom. The molecule has 0 aliphatic rings. The van der Waals surface area contributed by atoms with E-state index >= 15 is 0 Å². The van der Waals surface area contributed by atoms with Gasteiger partial charge in [0.25, 0.3) is 10.0 Å². The fourth-order valence-corrected chi connectivity index (χ4v) is 6.80. The maximum absolute atomic E-state index is 14.6. The zero-order valence-electron chi connectivity index (χ0n) is 26.7. The minimum Gasteiger partial charge on any atom is -0.352 e. The Balaban J connectivity index is 1.83. The standard InChI is InChI=1S/C37H43N3O4S/c1-6-32-17-10-11-18-34(32)40(45(43,44)33-21-19-28(4)20-22-33)26-36(41)39(25-31-16-12-13-29(5)23-31)35(37(42)38-27(2)3)24-30-14-8-7-9-15-30/h7-23,27,35H,6,24-26H2,1-5H3,(H,38,42)/t35-/m1/s1.